The van der Waals surface area contributed by atoms with Crippen molar-refractivity contribution >= 4 is 7.85 Å². The Morgan fingerprint density at radius 1 is 1.40 bits per heavy atom. The van der Waals surface area contributed by atoms with Gasteiger partial charge in [0.15, 0.2) is 0 Å². The van der Waals surface area contributed by atoms with Gasteiger partial charge in [-0.3, -0.25) is 0 Å². The van der Waals surface area contributed by atoms with Crippen molar-refractivity contribution in [2.24, 2.45) is 11.5 Å². The topological polar surface area (TPSA) is 73.3 Å². The quantitative estimate of drug-likeness (QED) is 0.286. The fourth-order valence-corrected chi connectivity index (χ4v) is 1.27. The SMILES string of the molecule is BC(N)COC(C)(C)CCCNC(C)N. The van der Waals surface area contributed by atoms with E-state index < -0.39 is 0 Å². The smallest absolute Gasteiger partial charge is 0.126 e. The summed E-state index contributed by atoms with van der Waals surface area (Å²) in [6.45, 7) is 7.69. The van der Waals surface area contributed by atoms with Gasteiger partial charge in [0.25, 0.3) is 0 Å². The van der Waals surface area contributed by atoms with E-state index >= 15 is 0 Å². The van der Waals surface area contributed by atoms with Crippen LogP contribution in [0.3, 0.4) is 0 Å². The van der Waals surface area contributed by atoms with Gasteiger partial charge in [-0.05, 0) is 46.1 Å². The zero-order valence-electron chi connectivity index (χ0n) is 10.5. The normalized spacial score (nSPS) is 16.3. The van der Waals surface area contributed by atoms with Crippen LogP contribution in [0.5, 0.6) is 0 Å². The van der Waals surface area contributed by atoms with E-state index in [-0.39, 0.29) is 17.7 Å². The van der Waals surface area contributed by atoms with Gasteiger partial charge in [0.05, 0.1) is 18.4 Å². The predicted molar refractivity (Wildman–Crippen MR) is 67.4 cm³/mol. The van der Waals surface area contributed by atoms with E-state index in [1.807, 2.05) is 14.8 Å². The molecule has 0 spiro atoms. The molecule has 0 saturated carbocycles. The molecule has 0 fully saturated rings. The molecule has 2 unspecified atom stereocenters. The first-order valence-electron chi connectivity index (χ1n) is 5.72. The zero-order chi connectivity index (χ0) is 11.9. The monoisotopic (exact) mass is 215 g/mol. The number of nitrogens with two attached hydrogens (primary N) is 2. The van der Waals surface area contributed by atoms with E-state index in [0.717, 1.165) is 19.4 Å². The minimum atomic E-state index is -0.0901. The highest BCUT2D eigenvalue weighted by Gasteiger charge is 2.18. The summed E-state index contributed by atoms with van der Waals surface area (Å²) in [5.41, 5.74) is 11.1. The van der Waals surface area contributed by atoms with Gasteiger partial charge < -0.3 is 21.5 Å². The van der Waals surface area contributed by atoms with Crippen molar-refractivity contribution in [3.8, 4) is 0 Å². The molecule has 0 aromatic carbocycles. The minimum absolute atomic E-state index is 0.0677. The maximum Gasteiger partial charge on any atom is 0.126 e. The average Bonchev–Trinajstić information content (AvgIpc) is 2.09. The molecule has 0 aliphatic carbocycles. The fraction of sp³-hybridized carbons (Fsp3) is 1.00. The van der Waals surface area contributed by atoms with Gasteiger partial charge in [-0.25, -0.2) is 0 Å². The van der Waals surface area contributed by atoms with Crippen LogP contribution in [0.2, 0.25) is 0 Å². The molecule has 5 heteroatoms. The molecule has 0 aromatic rings. The minimum Gasteiger partial charge on any atom is -0.375 e. The molecular formula is C10H26BN3O. The third kappa shape index (κ3) is 10.2. The summed E-state index contributed by atoms with van der Waals surface area (Å²) in [5.74, 6) is 0.103. The Morgan fingerprint density at radius 3 is 2.47 bits per heavy atom. The van der Waals surface area contributed by atoms with Crippen molar-refractivity contribution in [2.45, 2.75) is 51.3 Å². The van der Waals surface area contributed by atoms with Gasteiger partial charge in [0.2, 0.25) is 0 Å². The standard InChI is InChI=1S/C10H26BN3O/c1-8(12)14-6-4-5-10(2,3)15-7-9(11)13/h8-9,14H,4-7,11-13H2,1-3H3. The molecule has 0 aliphatic rings. The second-order valence-electron chi connectivity index (χ2n) is 4.89. The van der Waals surface area contributed by atoms with Crippen molar-refractivity contribution in [2.75, 3.05) is 13.2 Å². The molecule has 0 bridgehead atoms. The summed E-state index contributed by atoms with van der Waals surface area (Å²) in [6.07, 6.45) is 2.14. The van der Waals surface area contributed by atoms with Gasteiger partial charge in [-0.2, -0.15) is 0 Å². The van der Waals surface area contributed by atoms with E-state index in [2.05, 4.69) is 19.2 Å². The molecule has 2 atom stereocenters. The highest BCUT2D eigenvalue weighted by molar-refractivity contribution is 6.11. The van der Waals surface area contributed by atoms with Crippen LogP contribution in [0.1, 0.15) is 33.6 Å². The fourth-order valence-electron chi connectivity index (χ4n) is 1.27. The van der Waals surface area contributed by atoms with Crippen LogP contribution in [-0.4, -0.2) is 38.7 Å². The molecule has 0 rings (SSSR count). The molecule has 4 nitrogen and oxygen atoms in total. The lowest BCUT2D eigenvalue weighted by atomic mass is 9.98. The molecule has 0 heterocycles. The van der Waals surface area contributed by atoms with Gasteiger partial charge in [-0.1, -0.05) is 0 Å². The van der Waals surface area contributed by atoms with Gasteiger partial charge in [-0.15, -0.1) is 0 Å². The van der Waals surface area contributed by atoms with Crippen LogP contribution in [-0.2, 0) is 4.74 Å². The number of nitrogens with one attached hydrogen (secondary N) is 1. The van der Waals surface area contributed by atoms with Gasteiger partial charge in [0, 0.05) is 0 Å². The third-order valence-electron chi connectivity index (χ3n) is 2.16. The van der Waals surface area contributed by atoms with E-state index in [9.17, 15) is 0 Å². The molecule has 0 aliphatic heterocycles. The first-order valence-corrected chi connectivity index (χ1v) is 5.72. The maximum absolute atomic E-state index is 5.71. The van der Waals surface area contributed by atoms with Crippen molar-refractivity contribution in [1.82, 2.24) is 5.32 Å². The Hall–Kier alpha value is -0.0951. The number of ether oxygens (including phenoxy) is 1. The Kier molecular flexibility index (Phi) is 7.18. The molecule has 0 aromatic heterocycles. The largest absolute Gasteiger partial charge is 0.375 e. The average molecular weight is 215 g/mol. The second-order valence-corrected chi connectivity index (χ2v) is 4.89. The lowest BCUT2D eigenvalue weighted by molar-refractivity contribution is -0.0239. The van der Waals surface area contributed by atoms with Crippen LogP contribution in [0.15, 0.2) is 0 Å². The summed E-state index contributed by atoms with van der Waals surface area (Å²) < 4.78 is 5.71. The highest BCUT2D eigenvalue weighted by atomic mass is 16.5. The Labute approximate surface area is 94.5 Å². The zero-order valence-corrected chi connectivity index (χ0v) is 10.5. The van der Waals surface area contributed by atoms with Crippen molar-refractivity contribution < 1.29 is 4.74 Å². The molecule has 15 heavy (non-hydrogen) atoms. The van der Waals surface area contributed by atoms with E-state index in [4.69, 9.17) is 16.2 Å². The number of hydrogen-bond acceptors (Lipinski definition) is 4. The summed E-state index contributed by atoms with van der Waals surface area (Å²) in [6, 6.07) is 0. The Bertz CT molecular complexity index is 163. The highest BCUT2D eigenvalue weighted by Crippen LogP contribution is 2.16. The van der Waals surface area contributed by atoms with Crippen LogP contribution in [0.25, 0.3) is 0 Å². The first-order chi connectivity index (χ1) is 6.83. The molecule has 0 saturated heterocycles. The summed E-state index contributed by atoms with van der Waals surface area (Å²) in [7, 11) is 1.95. The molecule has 0 radical (unpaired) electrons. The molecule has 5 N–H and O–H groups in total. The molecular weight excluding hydrogens is 189 g/mol. The number of hydrogen-bond donors (Lipinski definition) is 3. The summed E-state index contributed by atoms with van der Waals surface area (Å²) in [4.78, 5) is 0. The lowest BCUT2D eigenvalue weighted by Crippen LogP contribution is -2.37. The Balaban J connectivity index is 3.55. The van der Waals surface area contributed by atoms with E-state index in [1.54, 1.807) is 0 Å². The van der Waals surface area contributed by atoms with Crippen LogP contribution < -0.4 is 16.8 Å². The van der Waals surface area contributed by atoms with Crippen molar-refractivity contribution in [3.05, 3.63) is 0 Å². The maximum atomic E-state index is 5.71. The summed E-state index contributed by atoms with van der Waals surface area (Å²) in [5, 5.41) is 3.18. The predicted octanol–water partition coefficient (Wildman–Crippen LogP) is -0.626. The van der Waals surface area contributed by atoms with E-state index in [1.165, 1.54) is 0 Å². The Morgan fingerprint density at radius 2 is 2.00 bits per heavy atom. The summed E-state index contributed by atoms with van der Waals surface area (Å²) >= 11 is 0. The first kappa shape index (κ1) is 14.9. The second kappa shape index (κ2) is 7.22. The van der Waals surface area contributed by atoms with Crippen molar-refractivity contribution in [1.29, 1.82) is 0 Å². The van der Waals surface area contributed by atoms with Crippen LogP contribution in [0.4, 0.5) is 0 Å². The lowest BCUT2D eigenvalue weighted by Gasteiger charge is -2.26. The van der Waals surface area contributed by atoms with E-state index in [0.29, 0.717) is 6.61 Å². The molecule has 90 valence electrons. The van der Waals surface area contributed by atoms with Crippen molar-refractivity contribution in [3.63, 3.8) is 0 Å². The van der Waals surface area contributed by atoms with Crippen LogP contribution in [0, 0.1) is 0 Å². The molecule has 0 amide bonds. The third-order valence-corrected chi connectivity index (χ3v) is 2.16. The number of rotatable bonds is 8. The van der Waals surface area contributed by atoms with Gasteiger partial charge in [0.1, 0.15) is 7.85 Å². The van der Waals surface area contributed by atoms with Crippen LogP contribution >= 0.6 is 0 Å². The van der Waals surface area contributed by atoms with Gasteiger partial charge >= 0.3 is 0 Å².